The lowest BCUT2D eigenvalue weighted by Gasteiger charge is -2.07. The number of hydrogen-bond donors (Lipinski definition) is 3. The van der Waals surface area contributed by atoms with Gasteiger partial charge in [-0.15, -0.1) is 0 Å². The summed E-state index contributed by atoms with van der Waals surface area (Å²) in [6.45, 7) is 0. The van der Waals surface area contributed by atoms with Gasteiger partial charge in [-0.2, -0.15) is 5.26 Å². The molecule has 0 saturated carbocycles. The summed E-state index contributed by atoms with van der Waals surface area (Å²) in [4.78, 5) is 0. The van der Waals surface area contributed by atoms with Gasteiger partial charge >= 0.3 is 0 Å². The van der Waals surface area contributed by atoms with Crippen molar-refractivity contribution >= 4 is 22.3 Å². The van der Waals surface area contributed by atoms with Crippen molar-refractivity contribution in [3.63, 3.8) is 0 Å². The quantitative estimate of drug-likeness (QED) is 0.522. The maximum absolute atomic E-state index is 8.89. The molecule has 0 atom stereocenters. The second kappa shape index (κ2) is 5.80. The first-order valence-electron chi connectivity index (χ1n) is 7.75. The van der Waals surface area contributed by atoms with Gasteiger partial charge in [0.05, 0.1) is 31.5 Å². The summed E-state index contributed by atoms with van der Waals surface area (Å²) in [6, 6.07) is 15.4. The lowest BCUT2D eigenvalue weighted by molar-refractivity contribution is 0.356. The molecule has 2 aliphatic rings. The Morgan fingerprint density at radius 3 is 2.36 bits per heavy atom. The van der Waals surface area contributed by atoms with Crippen LogP contribution in [0.4, 0.5) is 11.5 Å². The Morgan fingerprint density at radius 2 is 1.68 bits per heavy atom. The molecule has 1 aliphatic carbocycles. The van der Waals surface area contributed by atoms with Crippen molar-refractivity contribution in [3.8, 4) is 28.8 Å². The van der Waals surface area contributed by atoms with E-state index in [2.05, 4.69) is 27.6 Å². The number of nitrogens with zero attached hydrogens (tertiary/aromatic N) is 1. The van der Waals surface area contributed by atoms with Gasteiger partial charge in [0.1, 0.15) is 5.82 Å². The molecule has 3 N–H and O–H groups in total. The standard InChI is InChI=1S/C19H16N4O2/c1-24-16-8-12-7-15-18(14(12)9-17(16)25-2)22-23-19(15)21-13-5-3-11(10-20)4-6-13/h3-9,21-23H,1-2H3. The van der Waals surface area contributed by atoms with Crippen molar-refractivity contribution in [2.75, 3.05) is 19.5 Å². The predicted octanol–water partition coefficient (Wildman–Crippen LogP) is 4.23. The molecule has 4 rings (SSSR count). The highest BCUT2D eigenvalue weighted by Crippen LogP contribution is 2.42. The lowest BCUT2D eigenvalue weighted by atomic mass is 10.2. The molecule has 0 fully saturated rings. The fourth-order valence-electron chi connectivity index (χ4n) is 3.00. The number of aromatic amines is 2. The maximum atomic E-state index is 8.89. The Balaban J connectivity index is 1.75. The van der Waals surface area contributed by atoms with E-state index >= 15 is 0 Å². The van der Waals surface area contributed by atoms with Gasteiger partial charge < -0.3 is 14.8 Å². The summed E-state index contributed by atoms with van der Waals surface area (Å²) >= 11 is 0. The number of hydrogen-bond acceptors (Lipinski definition) is 4. The highest BCUT2D eigenvalue weighted by molar-refractivity contribution is 6.05. The molecule has 0 radical (unpaired) electrons. The highest BCUT2D eigenvalue weighted by atomic mass is 16.5. The van der Waals surface area contributed by atoms with Crippen LogP contribution in [0.15, 0.2) is 42.5 Å². The zero-order chi connectivity index (χ0) is 17.4. The van der Waals surface area contributed by atoms with E-state index in [4.69, 9.17) is 14.7 Å². The van der Waals surface area contributed by atoms with Crippen molar-refractivity contribution in [2.45, 2.75) is 0 Å². The zero-order valence-corrected chi connectivity index (χ0v) is 13.8. The van der Waals surface area contributed by atoms with Crippen LogP contribution in [0.5, 0.6) is 11.5 Å². The number of nitrogens with one attached hydrogen (secondary N) is 3. The van der Waals surface area contributed by atoms with E-state index in [0.717, 1.165) is 33.5 Å². The summed E-state index contributed by atoms with van der Waals surface area (Å²) < 4.78 is 10.8. The fraction of sp³-hybridized carbons (Fsp3) is 0.105. The van der Waals surface area contributed by atoms with Crippen LogP contribution in [0, 0.1) is 11.3 Å². The smallest absolute Gasteiger partial charge is 0.161 e. The van der Waals surface area contributed by atoms with Crippen LogP contribution in [-0.4, -0.2) is 24.4 Å². The van der Waals surface area contributed by atoms with Crippen LogP contribution < -0.4 is 14.8 Å². The first-order chi connectivity index (χ1) is 12.2. The Morgan fingerprint density at radius 1 is 0.960 bits per heavy atom. The van der Waals surface area contributed by atoms with Crippen LogP contribution in [0.1, 0.15) is 5.56 Å². The van der Waals surface area contributed by atoms with Crippen molar-refractivity contribution in [3.05, 3.63) is 48.0 Å². The molecule has 124 valence electrons. The molecule has 0 unspecified atom stereocenters. The summed E-state index contributed by atoms with van der Waals surface area (Å²) in [5, 5.41) is 20.7. The van der Waals surface area contributed by atoms with Gasteiger partial charge in [-0.25, -0.2) is 0 Å². The van der Waals surface area contributed by atoms with E-state index in [1.807, 2.05) is 24.3 Å². The van der Waals surface area contributed by atoms with Crippen LogP contribution in [0.25, 0.3) is 22.0 Å². The number of fused-ring (bicyclic) bond motifs is 3. The molecule has 6 nitrogen and oxygen atoms in total. The van der Waals surface area contributed by atoms with Crippen LogP contribution >= 0.6 is 0 Å². The average Bonchev–Trinajstić information content (AvgIpc) is 3.20. The molecule has 0 amide bonds. The van der Waals surface area contributed by atoms with Gasteiger partial charge in [-0.05, 0) is 47.9 Å². The largest absolute Gasteiger partial charge is 0.493 e. The third kappa shape index (κ3) is 2.42. The molecule has 2 aromatic carbocycles. The predicted molar refractivity (Wildman–Crippen MR) is 96.8 cm³/mol. The molecule has 0 saturated heterocycles. The van der Waals surface area contributed by atoms with Gasteiger partial charge in [0.15, 0.2) is 11.5 Å². The normalized spacial score (nSPS) is 10.8. The molecule has 1 heterocycles. The molecule has 1 aliphatic heterocycles. The zero-order valence-electron chi connectivity index (χ0n) is 13.8. The maximum Gasteiger partial charge on any atom is 0.161 e. The molecule has 6 heteroatoms. The first kappa shape index (κ1) is 15.0. The third-order valence-corrected chi connectivity index (χ3v) is 4.26. The van der Waals surface area contributed by atoms with Crippen molar-refractivity contribution in [1.82, 2.24) is 10.2 Å². The van der Waals surface area contributed by atoms with E-state index in [9.17, 15) is 0 Å². The Labute approximate surface area is 144 Å². The van der Waals surface area contributed by atoms with E-state index in [-0.39, 0.29) is 0 Å². The van der Waals surface area contributed by atoms with Gasteiger partial charge in [0, 0.05) is 16.6 Å². The topological polar surface area (TPSA) is 85.9 Å². The van der Waals surface area contributed by atoms with Gasteiger partial charge in [-0.1, -0.05) is 0 Å². The second-order valence-corrected chi connectivity index (χ2v) is 5.67. The van der Waals surface area contributed by atoms with Crippen LogP contribution in [0.2, 0.25) is 0 Å². The van der Waals surface area contributed by atoms with Gasteiger partial charge in [0.2, 0.25) is 0 Å². The SMILES string of the molecule is COc1cc2cc3c(Nc4ccc(C#N)cc4)[nH][nH]c-3c2cc1OC. The number of nitriles is 1. The molecular weight excluding hydrogens is 316 g/mol. The summed E-state index contributed by atoms with van der Waals surface area (Å²) in [5.41, 5.74) is 3.56. The van der Waals surface area contributed by atoms with E-state index in [1.165, 1.54) is 0 Å². The second-order valence-electron chi connectivity index (χ2n) is 5.67. The van der Waals surface area contributed by atoms with Gasteiger partial charge in [-0.3, -0.25) is 10.2 Å². The number of aromatic nitrogens is 2. The summed E-state index contributed by atoms with van der Waals surface area (Å²) in [7, 11) is 3.26. The van der Waals surface area contributed by atoms with Crippen LogP contribution in [0.3, 0.4) is 0 Å². The monoisotopic (exact) mass is 332 g/mol. The third-order valence-electron chi connectivity index (χ3n) is 4.26. The van der Waals surface area contributed by atoms with Crippen LogP contribution in [-0.2, 0) is 0 Å². The summed E-state index contributed by atoms with van der Waals surface area (Å²) in [6.07, 6.45) is 0. The first-order valence-corrected chi connectivity index (χ1v) is 7.75. The highest BCUT2D eigenvalue weighted by Gasteiger charge is 2.19. The Bertz CT molecular complexity index is 1050. The average molecular weight is 332 g/mol. The molecule has 0 spiro atoms. The minimum Gasteiger partial charge on any atom is -0.493 e. The lowest BCUT2D eigenvalue weighted by Crippen LogP contribution is -1.91. The minimum absolute atomic E-state index is 0.631. The number of anilines is 2. The van der Waals surface area contributed by atoms with E-state index in [1.54, 1.807) is 26.4 Å². The number of benzene rings is 2. The van der Waals surface area contributed by atoms with Gasteiger partial charge in [0.25, 0.3) is 0 Å². The number of rotatable bonds is 4. The molecule has 25 heavy (non-hydrogen) atoms. The van der Waals surface area contributed by atoms with Crippen molar-refractivity contribution in [2.24, 2.45) is 0 Å². The fourth-order valence-corrected chi connectivity index (χ4v) is 3.00. The van der Waals surface area contributed by atoms with Crippen molar-refractivity contribution in [1.29, 1.82) is 5.26 Å². The number of ether oxygens (including phenoxy) is 2. The van der Waals surface area contributed by atoms with Crippen molar-refractivity contribution < 1.29 is 9.47 Å². The minimum atomic E-state index is 0.631. The molecule has 2 aromatic rings. The van der Waals surface area contributed by atoms with E-state index < -0.39 is 0 Å². The Hall–Kier alpha value is -3.59. The van der Waals surface area contributed by atoms with E-state index in [0.29, 0.717) is 17.1 Å². The number of methoxy groups -OCH3 is 2. The Kier molecular flexibility index (Phi) is 3.47. The number of H-pyrrole nitrogens is 2. The molecule has 0 aromatic heterocycles. The molecular formula is C19H16N4O2. The summed E-state index contributed by atoms with van der Waals surface area (Å²) in [5.74, 6) is 2.25. The molecule has 0 bridgehead atoms.